The van der Waals surface area contributed by atoms with Crippen molar-refractivity contribution in [3.05, 3.63) is 41.6 Å². The summed E-state index contributed by atoms with van der Waals surface area (Å²) in [5.41, 5.74) is 3.13. The van der Waals surface area contributed by atoms with Crippen molar-refractivity contribution in [3.63, 3.8) is 0 Å². The normalized spacial score (nSPS) is 10.4. The monoisotopic (exact) mass is 286 g/mol. The van der Waals surface area contributed by atoms with Crippen LogP contribution < -0.4 is 10.6 Å². The first-order chi connectivity index (χ1) is 10.2. The van der Waals surface area contributed by atoms with Gasteiger partial charge in [-0.15, -0.1) is 0 Å². The third kappa shape index (κ3) is 4.43. The summed E-state index contributed by atoms with van der Waals surface area (Å²) in [6, 6.07) is 8.11. The number of aromatic nitrogens is 2. The molecule has 5 heteroatoms. The lowest BCUT2D eigenvalue weighted by atomic mass is 10.2. The molecule has 112 valence electrons. The fraction of sp³-hybridized carbons (Fsp3) is 0.375. The molecule has 0 saturated carbocycles. The van der Waals surface area contributed by atoms with Crippen LogP contribution in [0.15, 0.2) is 30.5 Å². The number of benzene rings is 1. The van der Waals surface area contributed by atoms with Crippen LogP contribution in [0.4, 0.5) is 17.5 Å². The smallest absolute Gasteiger partial charge is 0.224 e. The predicted octanol–water partition coefficient (Wildman–Crippen LogP) is 3.50. The van der Waals surface area contributed by atoms with Gasteiger partial charge in [-0.2, -0.15) is 4.98 Å². The van der Waals surface area contributed by atoms with Crippen LogP contribution in [0, 0.1) is 6.92 Å². The molecular weight excluding hydrogens is 264 g/mol. The number of aryl methyl sites for hydroxylation is 1. The predicted molar refractivity (Wildman–Crippen MR) is 86.0 cm³/mol. The van der Waals surface area contributed by atoms with E-state index in [1.807, 2.05) is 31.3 Å². The van der Waals surface area contributed by atoms with E-state index < -0.39 is 0 Å². The van der Waals surface area contributed by atoms with E-state index in [1.165, 1.54) is 0 Å². The van der Waals surface area contributed by atoms with Crippen molar-refractivity contribution in [1.29, 1.82) is 0 Å². The van der Waals surface area contributed by atoms with Crippen LogP contribution in [0.3, 0.4) is 0 Å². The minimum absolute atomic E-state index is 0.599. The second-order valence-corrected chi connectivity index (χ2v) is 4.91. The van der Waals surface area contributed by atoms with Crippen molar-refractivity contribution in [2.45, 2.75) is 26.9 Å². The standard InChI is InChI=1S/C16H22N4O/c1-4-8-17-16-18-10-12(2)15(20-16)19-14-7-5-6-13(9-14)11-21-3/h5-7,9-10H,4,8,11H2,1-3H3,(H2,17,18,19,20). The zero-order chi connectivity index (χ0) is 15.1. The number of nitrogens with one attached hydrogen (secondary N) is 2. The molecule has 0 atom stereocenters. The molecule has 0 aliphatic rings. The van der Waals surface area contributed by atoms with E-state index in [0.29, 0.717) is 12.6 Å². The minimum Gasteiger partial charge on any atom is -0.380 e. The molecule has 2 aromatic rings. The summed E-state index contributed by atoms with van der Waals surface area (Å²) < 4.78 is 5.16. The number of rotatable bonds is 7. The van der Waals surface area contributed by atoms with Crippen molar-refractivity contribution in [2.24, 2.45) is 0 Å². The molecule has 0 unspecified atom stereocenters. The maximum Gasteiger partial charge on any atom is 0.224 e. The molecule has 1 aromatic carbocycles. The van der Waals surface area contributed by atoms with Crippen LogP contribution in [0.25, 0.3) is 0 Å². The van der Waals surface area contributed by atoms with Gasteiger partial charge in [0.1, 0.15) is 5.82 Å². The van der Waals surface area contributed by atoms with E-state index in [2.05, 4.69) is 33.6 Å². The van der Waals surface area contributed by atoms with E-state index in [9.17, 15) is 0 Å². The number of ether oxygens (including phenoxy) is 1. The summed E-state index contributed by atoms with van der Waals surface area (Å²) >= 11 is 0. The third-order valence-electron chi connectivity index (χ3n) is 3.01. The fourth-order valence-corrected chi connectivity index (χ4v) is 1.93. The molecule has 0 fully saturated rings. The Morgan fingerprint density at radius 2 is 2.14 bits per heavy atom. The maximum absolute atomic E-state index is 5.16. The first-order valence-electron chi connectivity index (χ1n) is 7.15. The number of hydrogen-bond donors (Lipinski definition) is 2. The molecule has 0 aliphatic heterocycles. The highest BCUT2D eigenvalue weighted by Crippen LogP contribution is 2.20. The summed E-state index contributed by atoms with van der Waals surface area (Å²) in [4.78, 5) is 8.80. The minimum atomic E-state index is 0.599. The van der Waals surface area contributed by atoms with Gasteiger partial charge in [0.25, 0.3) is 0 Å². The average Bonchev–Trinajstić information content (AvgIpc) is 2.49. The van der Waals surface area contributed by atoms with E-state index in [4.69, 9.17) is 4.74 Å². The largest absolute Gasteiger partial charge is 0.380 e. The molecule has 1 aromatic heterocycles. The lowest BCUT2D eigenvalue weighted by Gasteiger charge is -2.11. The third-order valence-corrected chi connectivity index (χ3v) is 3.01. The highest BCUT2D eigenvalue weighted by Gasteiger charge is 2.04. The highest BCUT2D eigenvalue weighted by atomic mass is 16.5. The molecule has 0 aliphatic carbocycles. The fourth-order valence-electron chi connectivity index (χ4n) is 1.93. The second-order valence-electron chi connectivity index (χ2n) is 4.91. The van der Waals surface area contributed by atoms with Crippen molar-refractivity contribution >= 4 is 17.5 Å². The van der Waals surface area contributed by atoms with E-state index >= 15 is 0 Å². The van der Waals surface area contributed by atoms with Gasteiger partial charge in [-0.3, -0.25) is 0 Å². The highest BCUT2D eigenvalue weighted by molar-refractivity contribution is 5.60. The first kappa shape index (κ1) is 15.3. The van der Waals surface area contributed by atoms with E-state index in [0.717, 1.165) is 35.6 Å². The molecule has 0 amide bonds. The summed E-state index contributed by atoms with van der Waals surface area (Å²) in [6.07, 6.45) is 2.87. The molecule has 2 rings (SSSR count). The summed E-state index contributed by atoms with van der Waals surface area (Å²) in [5, 5.41) is 6.54. The van der Waals surface area contributed by atoms with E-state index in [1.54, 1.807) is 7.11 Å². The van der Waals surface area contributed by atoms with Gasteiger partial charge in [0.15, 0.2) is 0 Å². The molecule has 0 saturated heterocycles. The SMILES string of the molecule is CCCNc1ncc(C)c(Nc2cccc(COC)c2)n1. The zero-order valence-electron chi connectivity index (χ0n) is 12.8. The molecule has 1 heterocycles. The van der Waals surface area contributed by atoms with Crippen LogP contribution in [-0.2, 0) is 11.3 Å². The molecule has 5 nitrogen and oxygen atoms in total. The van der Waals surface area contributed by atoms with Crippen LogP contribution >= 0.6 is 0 Å². The number of methoxy groups -OCH3 is 1. The van der Waals surface area contributed by atoms with Crippen molar-refractivity contribution in [1.82, 2.24) is 9.97 Å². The molecule has 0 spiro atoms. The Morgan fingerprint density at radius 1 is 1.29 bits per heavy atom. The Kier molecular flexibility index (Phi) is 5.51. The number of hydrogen-bond acceptors (Lipinski definition) is 5. The second kappa shape index (κ2) is 7.59. The van der Waals surface area contributed by atoms with Crippen LogP contribution in [-0.4, -0.2) is 23.6 Å². The Bertz CT molecular complexity index is 586. The zero-order valence-corrected chi connectivity index (χ0v) is 12.8. The van der Waals surface area contributed by atoms with Crippen LogP contribution in [0.1, 0.15) is 24.5 Å². The lowest BCUT2D eigenvalue weighted by Crippen LogP contribution is -2.07. The lowest BCUT2D eigenvalue weighted by molar-refractivity contribution is 0.185. The van der Waals surface area contributed by atoms with Crippen molar-refractivity contribution in [3.8, 4) is 0 Å². The summed E-state index contributed by atoms with van der Waals surface area (Å²) in [7, 11) is 1.69. The van der Waals surface area contributed by atoms with Gasteiger partial charge in [-0.1, -0.05) is 19.1 Å². The van der Waals surface area contributed by atoms with Gasteiger partial charge in [-0.25, -0.2) is 4.98 Å². The Morgan fingerprint density at radius 3 is 2.90 bits per heavy atom. The van der Waals surface area contributed by atoms with Crippen LogP contribution in [0.5, 0.6) is 0 Å². The van der Waals surface area contributed by atoms with Crippen molar-refractivity contribution in [2.75, 3.05) is 24.3 Å². The number of anilines is 3. The Hall–Kier alpha value is -2.14. The average molecular weight is 286 g/mol. The summed E-state index contributed by atoms with van der Waals surface area (Å²) in [5.74, 6) is 1.47. The molecular formula is C16H22N4O. The maximum atomic E-state index is 5.16. The Balaban J connectivity index is 2.16. The van der Waals surface area contributed by atoms with Gasteiger partial charge in [-0.05, 0) is 31.0 Å². The summed E-state index contributed by atoms with van der Waals surface area (Å²) in [6.45, 7) is 5.57. The van der Waals surface area contributed by atoms with Crippen LogP contribution in [0.2, 0.25) is 0 Å². The van der Waals surface area contributed by atoms with Gasteiger partial charge in [0.05, 0.1) is 6.61 Å². The van der Waals surface area contributed by atoms with E-state index in [-0.39, 0.29) is 0 Å². The quantitative estimate of drug-likeness (QED) is 0.816. The first-order valence-corrected chi connectivity index (χ1v) is 7.15. The topological polar surface area (TPSA) is 59.1 Å². The van der Waals surface area contributed by atoms with Crippen molar-refractivity contribution < 1.29 is 4.74 Å². The number of nitrogens with zero attached hydrogens (tertiary/aromatic N) is 2. The molecule has 0 radical (unpaired) electrons. The van der Waals surface area contributed by atoms with Gasteiger partial charge in [0.2, 0.25) is 5.95 Å². The Labute approximate surface area is 125 Å². The molecule has 21 heavy (non-hydrogen) atoms. The molecule has 0 bridgehead atoms. The van der Waals surface area contributed by atoms with Gasteiger partial charge < -0.3 is 15.4 Å². The van der Waals surface area contributed by atoms with Gasteiger partial charge >= 0.3 is 0 Å². The van der Waals surface area contributed by atoms with Gasteiger partial charge in [0, 0.05) is 31.1 Å². The molecule has 2 N–H and O–H groups in total.